The van der Waals surface area contributed by atoms with Crippen molar-refractivity contribution in [2.75, 3.05) is 5.73 Å². The molecule has 0 spiro atoms. The molecule has 2 rings (SSSR count). The first-order valence-corrected chi connectivity index (χ1v) is 5.04. The summed E-state index contributed by atoms with van der Waals surface area (Å²) >= 11 is 0. The molecule has 0 amide bonds. The van der Waals surface area contributed by atoms with Crippen LogP contribution in [0.2, 0.25) is 0 Å². The molecule has 90 valence electrons. The van der Waals surface area contributed by atoms with E-state index in [4.69, 9.17) is 10.8 Å². The Kier molecular flexibility index (Phi) is 2.58. The van der Waals surface area contributed by atoms with Gasteiger partial charge in [-0.15, -0.1) is 0 Å². The molecule has 7 nitrogen and oxygen atoms in total. The van der Waals surface area contributed by atoms with Crippen molar-refractivity contribution in [2.45, 2.75) is 20.5 Å². The second kappa shape index (κ2) is 3.93. The van der Waals surface area contributed by atoms with Gasteiger partial charge in [-0.1, -0.05) is 0 Å². The van der Waals surface area contributed by atoms with E-state index in [2.05, 4.69) is 10.2 Å². The number of nitrogens with zero attached hydrogens (tertiary/aromatic N) is 4. The summed E-state index contributed by atoms with van der Waals surface area (Å²) in [7, 11) is 0. The Morgan fingerprint density at radius 3 is 2.71 bits per heavy atom. The van der Waals surface area contributed by atoms with Gasteiger partial charge in [0.05, 0.1) is 28.8 Å². The third-order valence-electron chi connectivity index (χ3n) is 2.60. The lowest BCUT2D eigenvalue weighted by atomic mass is 10.3. The van der Waals surface area contributed by atoms with E-state index in [-0.39, 0.29) is 5.56 Å². The zero-order valence-corrected chi connectivity index (χ0v) is 9.58. The lowest BCUT2D eigenvalue weighted by Crippen LogP contribution is -2.11. The van der Waals surface area contributed by atoms with Crippen LogP contribution in [0.25, 0.3) is 0 Å². The lowest BCUT2D eigenvalue weighted by Gasteiger charge is -2.04. The third kappa shape index (κ3) is 1.99. The van der Waals surface area contributed by atoms with Crippen molar-refractivity contribution in [2.24, 2.45) is 0 Å². The maximum absolute atomic E-state index is 10.7. The van der Waals surface area contributed by atoms with Crippen molar-refractivity contribution in [1.82, 2.24) is 19.6 Å². The predicted molar refractivity (Wildman–Crippen MR) is 60.7 cm³/mol. The van der Waals surface area contributed by atoms with E-state index < -0.39 is 5.97 Å². The molecule has 0 saturated carbocycles. The molecule has 0 aliphatic rings. The van der Waals surface area contributed by atoms with E-state index in [0.717, 1.165) is 11.4 Å². The highest BCUT2D eigenvalue weighted by atomic mass is 16.4. The van der Waals surface area contributed by atoms with Crippen LogP contribution in [0.4, 0.5) is 5.69 Å². The van der Waals surface area contributed by atoms with Gasteiger partial charge in [0.15, 0.2) is 0 Å². The Morgan fingerprint density at radius 2 is 2.24 bits per heavy atom. The van der Waals surface area contributed by atoms with Crippen LogP contribution in [-0.4, -0.2) is 30.6 Å². The smallest absolute Gasteiger partial charge is 0.338 e. The Bertz CT molecular complexity index is 569. The van der Waals surface area contributed by atoms with Crippen LogP contribution in [0.15, 0.2) is 12.4 Å². The van der Waals surface area contributed by atoms with Gasteiger partial charge < -0.3 is 10.8 Å². The summed E-state index contributed by atoms with van der Waals surface area (Å²) in [4.78, 5) is 10.7. The van der Waals surface area contributed by atoms with Gasteiger partial charge in [0, 0.05) is 6.20 Å². The number of carboxylic acid groups (broad SMARTS) is 1. The average Bonchev–Trinajstić information content (AvgIpc) is 2.82. The number of rotatable bonds is 3. The van der Waals surface area contributed by atoms with Crippen LogP contribution >= 0.6 is 0 Å². The summed E-state index contributed by atoms with van der Waals surface area (Å²) < 4.78 is 3.19. The van der Waals surface area contributed by atoms with Gasteiger partial charge in [0.2, 0.25) is 0 Å². The fourth-order valence-corrected chi connectivity index (χ4v) is 1.54. The summed E-state index contributed by atoms with van der Waals surface area (Å²) in [6.07, 6.45) is 2.76. The Labute approximate surface area is 97.5 Å². The Morgan fingerprint density at radius 1 is 1.53 bits per heavy atom. The zero-order valence-electron chi connectivity index (χ0n) is 9.58. The van der Waals surface area contributed by atoms with Gasteiger partial charge in [0.25, 0.3) is 0 Å². The van der Waals surface area contributed by atoms with Crippen LogP contribution in [0, 0.1) is 13.8 Å². The minimum Gasteiger partial charge on any atom is -0.478 e. The standard InChI is InChI=1S/C10H13N5O2/c1-6-9(11)7(2)15(13-6)5-14-4-8(3-12-14)10(16)17/h3-4H,5,11H2,1-2H3,(H,16,17). The number of hydrogen-bond donors (Lipinski definition) is 2. The van der Waals surface area contributed by atoms with E-state index in [9.17, 15) is 4.79 Å². The number of nitrogens with two attached hydrogens (primary N) is 1. The summed E-state index contributed by atoms with van der Waals surface area (Å²) in [5, 5.41) is 17.0. The zero-order chi connectivity index (χ0) is 12.6. The number of carboxylic acids is 1. The molecular weight excluding hydrogens is 222 g/mol. The van der Waals surface area contributed by atoms with Gasteiger partial charge >= 0.3 is 5.97 Å². The molecule has 0 saturated heterocycles. The second-order valence-electron chi connectivity index (χ2n) is 3.80. The fourth-order valence-electron chi connectivity index (χ4n) is 1.54. The first-order chi connectivity index (χ1) is 7.99. The topological polar surface area (TPSA) is 99.0 Å². The molecule has 0 fully saturated rings. The molecule has 0 atom stereocenters. The highest BCUT2D eigenvalue weighted by Gasteiger charge is 2.10. The molecule has 0 aromatic carbocycles. The fraction of sp³-hybridized carbons (Fsp3) is 0.300. The number of aromatic nitrogens is 4. The van der Waals surface area contributed by atoms with E-state index in [1.165, 1.54) is 17.1 Å². The number of carbonyl (C=O) groups is 1. The monoisotopic (exact) mass is 235 g/mol. The number of anilines is 1. The van der Waals surface area contributed by atoms with Crippen LogP contribution < -0.4 is 5.73 Å². The van der Waals surface area contributed by atoms with Crippen molar-refractivity contribution < 1.29 is 9.90 Å². The first-order valence-electron chi connectivity index (χ1n) is 5.04. The SMILES string of the molecule is Cc1nn(Cn2cc(C(=O)O)cn2)c(C)c1N. The molecule has 2 aromatic heterocycles. The third-order valence-corrected chi connectivity index (χ3v) is 2.60. The van der Waals surface area contributed by atoms with Crippen molar-refractivity contribution in [3.63, 3.8) is 0 Å². The molecule has 3 N–H and O–H groups in total. The summed E-state index contributed by atoms with van der Waals surface area (Å²) in [5.41, 5.74) is 8.20. The molecule has 0 radical (unpaired) electrons. The van der Waals surface area contributed by atoms with Crippen molar-refractivity contribution >= 4 is 11.7 Å². The van der Waals surface area contributed by atoms with E-state index >= 15 is 0 Å². The molecule has 0 aliphatic heterocycles. The highest BCUT2D eigenvalue weighted by Crippen LogP contribution is 2.14. The maximum Gasteiger partial charge on any atom is 0.338 e. The predicted octanol–water partition coefficient (Wildman–Crippen LogP) is 0.483. The van der Waals surface area contributed by atoms with Crippen LogP contribution in [0.5, 0.6) is 0 Å². The van der Waals surface area contributed by atoms with Gasteiger partial charge in [-0.05, 0) is 13.8 Å². The quantitative estimate of drug-likeness (QED) is 0.806. The average molecular weight is 235 g/mol. The largest absolute Gasteiger partial charge is 0.478 e. The number of aryl methyl sites for hydroxylation is 1. The van der Waals surface area contributed by atoms with Gasteiger partial charge in [-0.25, -0.2) is 9.48 Å². The molecule has 0 bridgehead atoms. The van der Waals surface area contributed by atoms with Crippen LogP contribution in [-0.2, 0) is 6.67 Å². The molecule has 0 unspecified atom stereocenters. The molecule has 2 aromatic rings. The van der Waals surface area contributed by atoms with Crippen molar-refractivity contribution in [3.8, 4) is 0 Å². The minimum atomic E-state index is -0.996. The number of nitrogen functional groups attached to an aromatic ring is 1. The lowest BCUT2D eigenvalue weighted by molar-refractivity contribution is 0.0696. The number of aromatic carboxylic acids is 1. The normalized spacial score (nSPS) is 10.7. The van der Waals surface area contributed by atoms with Gasteiger partial charge in [-0.3, -0.25) is 4.68 Å². The molecule has 17 heavy (non-hydrogen) atoms. The van der Waals surface area contributed by atoms with E-state index in [0.29, 0.717) is 12.4 Å². The Hall–Kier alpha value is -2.31. The number of hydrogen-bond acceptors (Lipinski definition) is 4. The maximum atomic E-state index is 10.7. The van der Waals surface area contributed by atoms with Crippen LogP contribution in [0.3, 0.4) is 0 Å². The summed E-state index contributed by atoms with van der Waals surface area (Å²) in [6.45, 7) is 4.03. The van der Waals surface area contributed by atoms with Crippen LogP contribution in [0.1, 0.15) is 21.7 Å². The first kappa shape index (κ1) is 11.2. The second-order valence-corrected chi connectivity index (χ2v) is 3.80. The van der Waals surface area contributed by atoms with E-state index in [1.54, 1.807) is 4.68 Å². The van der Waals surface area contributed by atoms with Crippen molar-refractivity contribution in [1.29, 1.82) is 0 Å². The minimum absolute atomic E-state index is 0.152. The highest BCUT2D eigenvalue weighted by molar-refractivity contribution is 5.86. The van der Waals surface area contributed by atoms with E-state index in [1.807, 2.05) is 13.8 Å². The summed E-state index contributed by atoms with van der Waals surface area (Å²) in [6, 6.07) is 0. The van der Waals surface area contributed by atoms with Crippen molar-refractivity contribution in [3.05, 3.63) is 29.3 Å². The molecular formula is C10H13N5O2. The Balaban J connectivity index is 2.25. The molecule has 7 heteroatoms. The van der Waals surface area contributed by atoms with Gasteiger partial charge in [-0.2, -0.15) is 10.2 Å². The van der Waals surface area contributed by atoms with Gasteiger partial charge in [0.1, 0.15) is 6.67 Å². The summed E-state index contributed by atoms with van der Waals surface area (Å²) in [5.74, 6) is -0.996. The molecule has 2 heterocycles. The molecule has 0 aliphatic carbocycles.